The van der Waals surface area contributed by atoms with Crippen LogP contribution in [0.15, 0.2) is 23.1 Å². The molecule has 1 saturated heterocycles. The Bertz CT molecular complexity index is 565. The lowest BCUT2D eigenvalue weighted by atomic mass is 10.3. The van der Waals surface area contributed by atoms with Gasteiger partial charge < -0.3 is 15.1 Å². The lowest BCUT2D eigenvalue weighted by Gasteiger charge is -2.34. The summed E-state index contributed by atoms with van der Waals surface area (Å²) in [6, 6.07) is 5.31. The van der Waals surface area contributed by atoms with Gasteiger partial charge in [-0.3, -0.25) is 4.79 Å². The van der Waals surface area contributed by atoms with Crippen molar-refractivity contribution in [1.82, 2.24) is 15.1 Å². The largest absolute Gasteiger partial charge is 0.355 e. The molecule has 140 valence electrons. The number of nitrogens with zero attached hydrogens (tertiary/aromatic N) is 2. The van der Waals surface area contributed by atoms with Crippen LogP contribution in [0.25, 0.3) is 0 Å². The number of likely N-dealkylation sites (N-methyl/N-ethyl adjacent to an activating group) is 1. The minimum atomic E-state index is -0.205. The summed E-state index contributed by atoms with van der Waals surface area (Å²) in [5.41, 5.74) is 0. The normalized spacial score (nSPS) is 17.4. The predicted molar refractivity (Wildman–Crippen MR) is 108 cm³/mol. The molecule has 0 aromatic heterocycles. The molecule has 2 rings (SSSR count). The molecule has 0 radical (unpaired) electrons. The molecule has 1 aliphatic rings. The summed E-state index contributed by atoms with van der Waals surface area (Å²) in [4.78, 5) is 18.0. The minimum Gasteiger partial charge on any atom is -0.355 e. The van der Waals surface area contributed by atoms with Gasteiger partial charge in [0.25, 0.3) is 0 Å². The summed E-state index contributed by atoms with van der Waals surface area (Å²) in [5.74, 6) is 0.0387. The topological polar surface area (TPSA) is 35.6 Å². The Morgan fingerprint density at radius 2 is 1.92 bits per heavy atom. The van der Waals surface area contributed by atoms with E-state index < -0.39 is 0 Å². The van der Waals surface area contributed by atoms with Gasteiger partial charge in [0, 0.05) is 42.6 Å². The molecule has 0 aliphatic carbocycles. The molecule has 0 bridgehead atoms. The van der Waals surface area contributed by atoms with Crippen LogP contribution in [0.2, 0.25) is 10.0 Å². The molecule has 1 aromatic carbocycles. The van der Waals surface area contributed by atoms with Gasteiger partial charge in [0.1, 0.15) is 0 Å². The third-order valence-corrected chi connectivity index (χ3v) is 6.26. The number of benzene rings is 1. The van der Waals surface area contributed by atoms with Crippen LogP contribution in [0.4, 0.5) is 0 Å². The van der Waals surface area contributed by atoms with Crippen LogP contribution in [-0.2, 0) is 4.79 Å². The summed E-state index contributed by atoms with van der Waals surface area (Å²) < 4.78 is 0. The molecule has 1 aromatic rings. The highest BCUT2D eigenvalue weighted by Gasteiger charge is 2.17. The van der Waals surface area contributed by atoms with Crippen molar-refractivity contribution in [3.8, 4) is 0 Å². The number of halogens is 2. The average Bonchev–Trinajstić information content (AvgIpc) is 2.62. The van der Waals surface area contributed by atoms with Gasteiger partial charge in [-0.2, -0.15) is 0 Å². The summed E-state index contributed by atoms with van der Waals surface area (Å²) >= 11 is 13.6. The first kappa shape index (κ1) is 20.8. The van der Waals surface area contributed by atoms with E-state index in [1.54, 1.807) is 18.2 Å². The molecular weight excluding hydrogens is 377 g/mol. The van der Waals surface area contributed by atoms with E-state index in [2.05, 4.69) is 22.0 Å². The van der Waals surface area contributed by atoms with Crippen LogP contribution >= 0.6 is 35.0 Å². The zero-order valence-corrected chi connectivity index (χ0v) is 17.3. The number of amides is 1. The Kier molecular flexibility index (Phi) is 8.87. The molecule has 0 saturated carbocycles. The maximum Gasteiger partial charge on any atom is 0.233 e. The number of carbonyl (C=O) groups is 1. The van der Waals surface area contributed by atoms with Gasteiger partial charge in [0.15, 0.2) is 0 Å². The second-order valence-electron chi connectivity index (χ2n) is 6.26. The minimum absolute atomic E-state index is 0.0387. The fraction of sp³-hybridized carbons (Fsp3) is 0.611. The number of nitrogens with one attached hydrogen (secondary N) is 1. The molecular formula is C18H27Cl2N3OS. The Morgan fingerprint density at radius 3 is 2.60 bits per heavy atom. The first-order chi connectivity index (χ1) is 12.0. The van der Waals surface area contributed by atoms with Gasteiger partial charge in [-0.15, -0.1) is 11.8 Å². The molecule has 0 spiro atoms. The van der Waals surface area contributed by atoms with Gasteiger partial charge in [-0.05, 0) is 44.6 Å². The lowest BCUT2D eigenvalue weighted by molar-refractivity contribution is -0.120. The second kappa shape index (κ2) is 10.6. The van der Waals surface area contributed by atoms with Crippen molar-refractivity contribution in [3.63, 3.8) is 0 Å². The number of carbonyl (C=O) groups excluding carboxylic acids is 1. The number of rotatable bonds is 8. The van der Waals surface area contributed by atoms with Crippen LogP contribution < -0.4 is 5.32 Å². The molecule has 7 heteroatoms. The molecule has 1 heterocycles. The van der Waals surface area contributed by atoms with E-state index in [9.17, 15) is 4.79 Å². The summed E-state index contributed by atoms with van der Waals surface area (Å²) in [6.07, 6.45) is 0.979. The molecule has 1 atom stereocenters. The Morgan fingerprint density at radius 1 is 1.24 bits per heavy atom. The Balaban J connectivity index is 1.65. The zero-order chi connectivity index (χ0) is 18.2. The highest BCUT2D eigenvalue weighted by Crippen LogP contribution is 2.32. The van der Waals surface area contributed by atoms with E-state index in [1.807, 2.05) is 6.92 Å². The van der Waals surface area contributed by atoms with Crippen LogP contribution in [0, 0.1) is 0 Å². The first-order valence-corrected chi connectivity index (χ1v) is 10.5. The Hall–Kier alpha value is -0.460. The molecule has 1 N–H and O–H groups in total. The molecule has 4 nitrogen and oxygen atoms in total. The maximum absolute atomic E-state index is 12.2. The van der Waals surface area contributed by atoms with Gasteiger partial charge in [-0.1, -0.05) is 30.1 Å². The van der Waals surface area contributed by atoms with E-state index in [4.69, 9.17) is 23.2 Å². The van der Waals surface area contributed by atoms with Crippen LogP contribution in [0.1, 0.15) is 20.3 Å². The molecule has 1 aliphatic heterocycles. The van der Waals surface area contributed by atoms with Crippen molar-refractivity contribution < 1.29 is 4.79 Å². The number of piperazine rings is 1. The SMILES string of the molecule is CCN1CCN(CCCNC(=O)[C@@H](C)Sc2cc(Cl)ccc2Cl)CC1. The van der Waals surface area contributed by atoms with E-state index in [1.165, 1.54) is 11.8 Å². The lowest BCUT2D eigenvalue weighted by Crippen LogP contribution is -2.46. The average molecular weight is 404 g/mol. The van der Waals surface area contributed by atoms with Crippen molar-refractivity contribution in [2.45, 2.75) is 30.4 Å². The number of hydrogen-bond donors (Lipinski definition) is 1. The fourth-order valence-corrected chi connectivity index (χ4v) is 4.23. The molecule has 1 fully saturated rings. The van der Waals surface area contributed by atoms with E-state index in [0.29, 0.717) is 16.6 Å². The van der Waals surface area contributed by atoms with E-state index in [-0.39, 0.29) is 11.2 Å². The second-order valence-corrected chi connectivity index (χ2v) is 8.48. The van der Waals surface area contributed by atoms with Crippen molar-refractivity contribution in [2.24, 2.45) is 0 Å². The van der Waals surface area contributed by atoms with Crippen LogP contribution in [0.5, 0.6) is 0 Å². The van der Waals surface area contributed by atoms with Crippen LogP contribution in [-0.4, -0.2) is 66.8 Å². The van der Waals surface area contributed by atoms with Crippen molar-refractivity contribution in [1.29, 1.82) is 0 Å². The predicted octanol–water partition coefficient (Wildman–Crippen LogP) is 3.62. The van der Waals surface area contributed by atoms with E-state index in [0.717, 1.165) is 50.6 Å². The Labute approximate surface area is 165 Å². The van der Waals surface area contributed by atoms with Crippen molar-refractivity contribution >= 4 is 40.9 Å². The monoisotopic (exact) mass is 403 g/mol. The maximum atomic E-state index is 12.2. The van der Waals surface area contributed by atoms with Gasteiger partial charge in [-0.25, -0.2) is 0 Å². The van der Waals surface area contributed by atoms with Crippen LogP contribution in [0.3, 0.4) is 0 Å². The fourth-order valence-electron chi connectivity index (χ4n) is 2.80. The summed E-state index contributed by atoms with van der Waals surface area (Å²) in [7, 11) is 0. The number of thioether (sulfide) groups is 1. The first-order valence-electron chi connectivity index (χ1n) is 8.83. The number of hydrogen-bond acceptors (Lipinski definition) is 4. The molecule has 0 unspecified atom stereocenters. The smallest absolute Gasteiger partial charge is 0.233 e. The molecule has 25 heavy (non-hydrogen) atoms. The van der Waals surface area contributed by atoms with Crippen molar-refractivity contribution in [3.05, 3.63) is 28.2 Å². The van der Waals surface area contributed by atoms with E-state index >= 15 is 0 Å². The third-order valence-electron chi connectivity index (χ3n) is 4.43. The third kappa shape index (κ3) is 6.99. The van der Waals surface area contributed by atoms with Crippen molar-refractivity contribution in [2.75, 3.05) is 45.8 Å². The zero-order valence-electron chi connectivity index (χ0n) is 14.9. The van der Waals surface area contributed by atoms with Gasteiger partial charge in [0.2, 0.25) is 5.91 Å². The standard InChI is InChI=1S/C18H27Cl2N3OS/c1-3-22-9-11-23(12-10-22)8-4-7-21-18(24)14(2)25-17-13-15(19)5-6-16(17)20/h5-6,13-14H,3-4,7-12H2,1-2H3,(H,21,24)/t14-/m1/s1. The highest BCUT2D eigenvalue weighted by atomic mass is 35.5. The quantitative estimate of drug-likeness (QED) is 0.530. The van der Waals surface area contributed by atoms with Gasteiger partial charge in [0.05, 0.1) is 10.3 Å². The highest BCUT2D eigenvalue weighted by molar-refractivity contribution is 8.00. The summed E-state index contributed by atoms with van der Waals surface area (Å²) in [5, 5.41) is 4.07. The van der Waals surface area contributed by atoms with Gasteiger partial charge >= 0.3 is 0 Å². The molecule has 1 amide bonds. The summed E-state index contributed by atoms with van der Waals surface area (Å²) in [6.45, 7) is 11.5.